The highest BCUT2D eigenvalue weighted by Gasteiger charge is 2.29. The number of carbonyl (C=O) groups excluding carboxylic acids is 2. The van der Waals surface area contributed by atoms with Gasteiger partial charge in [-0.15, -0.1) is 0 Å². The number of rotatable bonds is 5. The number of nitrogens with zero attached hydrogens (tertiary/aromatic N) is 1. The Kier molecular flexibility index (Phi) is 6.21. The van der Waals surface area contributed by atoms with Gasteiger partial charge < -0.3 is 19.7 Å². The van der Waals surface area contributed by atoms with Gasteiger partial charge in [-0.2, -0.15) is 0 Å². The first-order valence-corrected chi connectivity index (χ1v) is 7.43. The third kappa shape index (κ3) is 4.73. The second-order valence-corrected chi connectivity index (χ2v) is 5.30. The molecule has 0 radical (unpaired) electrons. The van der Waals surface area contributed by atoms with E-state index in [4.69, 9.17) is 9.47 Å². The van der Waals surface area contributed by atoms with Gasteiger partial charge in [0.2, 0.25) is 5.91 Å². The normalized spacial score (nSPS) is 17.9. The Hall–Kier alpha value is -2.08. The number of nitrogens with one attached hydrogen (secondary N) is 1. The van der Waals surface area contributed by atoms with Crippen molar-refractivity contribution < 1.29 is 19.1 Å². The Balaban J connectivity index is 1.81. The summed E-state index contributed by atoms with van der Waals surface area (Å²) in [5.74, 6) is -0.282. The molecule has 1 aromatic carbocycles. The summed E-state index contributed by atoms with van der Waals surface area (Å²) in [5.41, 5.74) is 0.947. The lowest BCUT2D eigenvalue weighted by Crippen LogP contribution is -2.45. The monoisotopic (exact) mass is 306 g/mol. The first kappa shape index (κ1) is 16.3. The summed E-state index contributed by atoms with van der Waals surface area (Å²) in [6.07, 6.45) is 1.21. The molecule has 0 aliphatic carbocycles. The van der Waals surface area contributed by atoms with Gasteiger partial charge in [-0.1, -0.05) is 30.3 Å². The second kappa shape index (κ2) is 8.38. The third-order valence-electron chi connectivity index (χ3n) is 3.65. The number of carbonyl (C=O) groups is 2. The second-order valence-electron chi connectivity index (χ2n) is 5.30. The van der Waals surface area contributed by atoms with Crippen molar-refractivity contribution in [2.45, 2.75) is 19.4 Å². The number of amides is 2. The zero-order chi connectivity index (χ0) is 15.8. The van der Waals surface area contributed by atoms with E-state index in [0.29, 0.717) is 13.1 Å². The summed E-state index contributed by atoms with van der Waals surface area (Å²) in [6.45, 7) is 1.45. The van der Waals surface area contributed by atoms with Gasteiger partial charge in [-0.25, -0.2) is 4.79 Å². The molecule has 0 saturated carbocycles. The predicted octanol–water partition coefficient (Wildman–Crippen LogP) is 1.76. The van der Waals surface area contributed by atoms with Gasteiger partial charge in [-0.05, 0) is 18.4 Å². The van der Waals surface area contributed by atoms with E-state index in [1.54, 1.807) is 4.90 Å². The fraction of sp³-hybridized carbons (Fsp3) is 0.500. The average molecular weight is 306 g/mol. The molecule has 22 heavy (non-hydrogen) atoms. The smallest absolute Gasteiger partial charge is 0.410 e. The minimum absolute atomic E-state index is 0.0811. The molecule has 2 amide bonds. The van der Waals surface area contributed by atoms with Crippen LogP contribution in [0.25, 0.3) is 0 Å². The fourth-order valence-electron chi connectivity index (χ4n) is 2.46. The van der Waals surface area contributed by atoms with Crippen molar-refractivity contribution in [1.29, 1.82) is 0 Å². The quantitative estimate of drug-likeness (QED) is 0.842. The first-order valence-electron chi connectivity index (χ1n) is 7.43. The molecule has 1 N–H and O–H groups in total. The van der Waals surface area contributed by atoms with E-state index < -0.39 is 0 Å². The van der Waals surface area contributed by atoms with E-state index in [2.05, 4.69) is 5.32 Å². The number of methoxy groups -OCH3 is 1. The van der Waals surface area contributed by atoms with Crippen LogP contribution in [0.3, 0.4) is 0 Å². The molecule has 1 aliphatic heterocycles. The largest absolute Gasteiger partial charge is 0.445 e. The van der Waals surface area contributed by atoms with E-state index in [1.165, 1.54) is 7.11 Å². The standard InChI is InChI=1S/C16H22N2O4/c1-21-12-17-15(19)14-8-5-9-18(10-14)16(20)22-11-13-6-3-2-4-7-13/h2-4,6-7,14H,5,8-12H2,1H3,(H,17,19)/t14-/m0/s1. The maximum absolute atomic E-state index is 12.1. The van der Waals surface area contributed by atoms with Gasteiger partial charge in [0.1, 0.15) is 13.3 Å². The first-order chi connectivity index (χ1) is 10.7. The van der Waals surface area contributed by atoms with E-state index in [1.807, 2.05) is 30.3 Å². The van der Waals surface area contributed by atoms with Crippen LogP contribution in [-0.2, 0) is 20.9 Å². The predicted molar refractivity (Wildman–Crippen MR) is 80.9 cm³/mol. The highest BCUT2D eigenvalue weighted by atomic mass is 16.6. The Bertz CT molecular complexity index is 492. The SMILES string of the molecule is COCNC(=O)[C@H]1CCCN(C(=O)OCc2ccccc2)C1. The molecule has 1 heterocycles. The zero-order valence-corrected chi connectivity index (χ0v) is 12.8. The summed E-state index contributed by atoms with van der Waals surface area (Å²) < 4.78 is 10.1. The van der Waals surface area contributed by atoms with Crippen LogP contribution in [0, 0.1) is 5.92 Å². The van der Waals surface area contributed by atoms with Crippen LogP contribution in [0.15, 0.2) is 30.3 Å². The van der Waals surface area contributed by atoms with Crippen molar-refractivity contribution in [3.05, 3.63) is 35.9 Å². The van der Waals surface area contributed by atoms with Crippen molar-refractivity contribution in [3.8, 4) is 0 Å². The molecule has 6 heteroatoms. The number of ether oxygens (including phenoxy) is 2. The summed E-state index contributed by atoms with van der Waals surface area (Å²) in [4.78, 5) is 25.6. The minimum atomic E-state index is -0.368. The molecule has 6 nitrogen and oxygen atoms in total. The lowest BCUT2D eigenvalue weighted by Gasteiger charge is -2.31. The minimum Gasteiger partial charge on any atom is -0.445 e. The van der Waals surface area contributed by atoms with E-state index in [0.717, 1.165) is 18.4 Å². The van der Waals surface area contributed by atoms with Gasteiger partial charge in [0, 0.05) is 20.2 Å². The maximum Gasteiger partial charge on any atom is 0.410 e. The lowest BCUT2D eigenvalue weighted by molar-refractivity contribution is -0.127. The van der Waals surface area contributed by atoms with Crippen LogP contribution in [0.2, 0.25) is 0 Å². The molecule has 0 aromatic heterocycles. The number of likely N-dealkylation sites (tertiary alicyclic amines) is 1. The van der Waals surface area contributed by atoms with Gasteiger partial charge >= 0.3 is 6.09 Å². The Morgan fingerprint density at radius 3 is 2.82 bits per heavy atom. The number of hydrogen-bond acceptors (Lipinski definition) is 4. The van der Waals surface area contributed by atoms with Gasteiger partial charge in [0.05, 0.1) is 5.92 Å². The van der Waals surface area contributed by atoms with Crippen LogP contribution < -0.4 is 5.32 Å². The van der Waals surface area contributed by atoms with Crippen molar-refractivity contribution in [2.75, 3.05) is 26.9 Å². The fourth-order valence-corrected chi connectivity index (χ4v) is 2.46. The van der Waals surface area contributed by atoms with Crippen LogP contribution in [0.4, 0.5) is 4.79 Å². The van der Waals surface area contributed by atoms with Crippen molar-refractivity contribution in [3.63, 3.8) is 0 Å². The molecule has 1 atom stereocenters. The zero-order valence-electron chi connectivity index (χ0n) is 12.8. The maximum atomic E-state index is 12.1. The van der Waals surface area contributed by atoms with E-state index in [-0.39, 0.29) is 31.3 Å². The number of hydrogen-bond donors (Lipinski definition) is 1. The van der Waals surface area contributed by atoms with Gasteiger partial charge in [-0.3, -0.25) is 4.79 Å². The molecule has 1 aliphatic rings. The molecule has 1 fully saturated rings. The molecule has 1 saturated heterocycles. The summed E-state index contributed by atoms with van der Waals surface area (Å²) in [7, 11) is 1.52. The summed E-state index contributed by atoms with van der Waals surface area (Å²) in [5, 5.41) is 2.68. The molecule has 0 unspecified atom stereocenters. The van der Waals surface area contributed by atoms with E-state index in [9.17, 15) is 9.59 Å². The Labute approximate surface area is 130 Å². The average Bonchev–Trinajstić information content (AvgIpc) is 2.58. The van der Waals surface area contributed by atoms with Crippen LogP contribution in [0.5, 0.6) is 0 Å². The molecule has 1 aromatic rings. The van der Waals surface area contributed by atoms with Crippen molar-refractivity contribution in [1.82, 2.24) is 10.2 Å². The number of benzene rings is 1. The summed E-state index contributed by atoms with van der Waals surface area (Å²) >= 11 is 0. The highest BCUT2D eigenvalue weighted by molar-refractivity contribution is 5.79. The van der Waals surface area contributed by atoms with Gasteiger partial charge in [0.25, 0.3) is 0 Å². The van der Waals surface area contributed by atoms with Crippen LogP contribution >= 0.6 is 0 Å². The highest BCUT2D eigenvalue weighted by Crippen LogP contribution is 2.17. The molecule has 0 spiro atoms. The summed E-state index contributed by atoms with van der Waals surface area (Å²) in [6, 6.07) is 9.54. The van der Waals surface area contributed by atoms with E-state index >= 15 is 0 Å². The van der Waals surface area contributed by atoms with Crippen molar-refractivity contribution in [2.24, 2.45) is 5.92 Å². The molecule has 120 valence electrons. The lowest BCUT2D eigenvalue weighted by atomic mass is 9.97. The Morgan fingerprint density at radius 1 is 1.32 bits per heavy atom. The molecule has 0 bridgehead atoms. The third-order valence-corrected chi connectivity index (χ3v) is 3.65. The van der Waals surface area contributed by atoms with Crippen LogP contribution in [-0.4, -0.2) is 43.8 Å². The molecule has 2 rings (SSSR count). The molecular weight excluding hydrogens is 284 g/mol. The molecular formula is C16H22N2O4. The Morgan fingerprint density at radius 2 is 2.09 bits per heavy atom. The topological polar surface area (TPSA) is 67.9 Å². The number of piperidine rings is 1. The van der Waals surface area contributed by atoms with Gasteiger partial charge in [0.15, 0.2) is 0 Å². The van der Waals surface area contributed by atoms with Crippen molar-refractivity contribution >= 4 is 12.0 Å². The van der Waals surface area contributed by atoms with Crippen LogP contribution in [0.1, 0.15) is 18.4 Å².